The van der Waals surface area contributed by atoms with Crippen LogP contribution in [0, 0.1) is 16.7 Å². The molecule has 0 aromatic heterocycles. The molecule has 0 saturated heterocycles. The maximum Gasteiger partial charge on any atom is 0.135 e. The normalized spacial score (nSPS) is 11.2. The fraction of sp³-hybridized carbons (Fsp3) is 0. The van der Waals surface area contributed by atoms with Crippen LogP contribution in [0.1, 0.15) is 5.56 Å². The molecule has 0 atom stereocenters. The van der Waals surface area contributed by atoms with Gasteiger partial charge in [0.15, 0.2) is 0 Å². The summed E-state index contributed by atoms with van der Waals surface area (Å²) in [7, 11) is 0. The Morgan fingerprint density at radius 1 is 0.952 bits per heavy atom. The third-order valence-electron chi connectivity index (χ3n) is 2.79. The Labute approximate surface area is 122 Å². The molecule has 104 valence electrons. The Hall–Kier alpha value is -3.26. The SMILES string of the molecule is N#C/C(C(=N)N)=C(/N)c1ccc(Oc2ccccc2)cc1. The van der Waals surface area contributed by atoms with Crippen molar-refractivity contribution in [2.24, 2.45) is 11.5 Å². The second-order valence-electron chi connectivity index (χ2n) is 4.25. The summed E-state index contributed by atoms with van der Waals surface area (Å²) in [5, 5.41) is 16.3. The first-order valence-corrected chi connectivity index (χ1v) is 6.19. The van der Waals surface area contributed by atoms with Crippen molar-refractivity contribution >= 4 is 11.5 Å². The van der Waals surface area contributed by atoms with Crippen LogP contribution in [0.3, 0.4) is 0 Å². The maximum absolute atomic E-state index is 8.94. The third kappa shape index (κ3) is 3.39. The lowest BCUT2D eigenvalue weighted by Crippen LogP contribution is -2.16. The van der Waals surface area contributed by atoms with E-state index in [-0.39, 0.29) is 17.1 Å². The van der Waals surface area contributed by atoms with Crippen LogP contribution in [-0.2, 0) is 0 Å². The molecule has 5 nitrogen and oxygen atoms in total. The zero-order chi connectivity index (χ0) is 15.2. The molecule has 0 amide bonds. The summed E-state index contributed by atoms with van der Waals surface area (Å²) in [6, 6.07) is 18.1. The number of hydrogen-bond donors (Lipinski definition) is 3. The lowest BCUT2D eigenvalue weighted by molar-refractivity contribution is 0.482. The third-order valence-corrected chi connectivity index (χ3v) is 2.79. The molecule has 0 saturated carbocycles. The van der Waals surface area contributed by atoms with Crippen molar-refractivity contribution in [1.82, 2.24) is 0 Å². The highest BCUT2D eigenvalue weighted by Crippen LogP contribution is 2.23. The van der Waals surface area contributed by atoms with Crippen molar-refractivity contribution in [2.75, 3.05) is 0 Å². The van der Waals surface area contributed by atoms with Gasteiger partial charge in [0.1, 0.15) is 29.0 Å². The molecular formula is C16H14N4O. The van der Waals surface area contributed by atoms with Crippen LogP contribution in [-0.4, -0.2) is 5.84 Å². The van der Waals surface area contributed by atoms with Crippen molar-refractivity contribution in [1.29, 1.82) is 10.7 Å². The highest BCUT2D eigenvalue weighted by molar-refractivity contribution is 6.05. The molecule has 21 heavy (non-hydrogen) atoms. The fourth-order valence-corrected chi connectivity index (χ4v) is 1.74. The van der Waals surface area contributed by atoms with E-state index in [4.69, 9.17) is 26.9 Å². The van der Waals surface area contributed by atoms with Gasteiger partial charge in [-0.2, -0.15) is 5.26 Å². The van der Waals surface area contributed by atoms with Gasteiger partial charge in [0.2, 0.25) is 0 Å². The first kappa shape index (κ1) is 14.2. The van der Waals surface area contributed by atoms with Crippen LogP contribution in [0.25, 0.3) is 5.70 Å². The van der Waals surface area contributed by atoms with Gasteiger partial charge in [-0.3, -0.25) is 5.41 Å². The highest BCUT2D eigenvalue weighted by atomic mass is 16.5. The Balaban J connectivity index is 2.24. The number of ether oxygens (including phenoxy) is 1. The zero-order valence-electron chi connectivity index (χ0n) is 11.2. The van der Waals surface area contributed by atoms with E-state index in [1.54, 1.807) is 24.3 Å². The maximum atomic E-state index is 8.94. The molecule has 2 aromatic rings. The van der Waals surface area contributed by atoms with E-state index in [2.05, 4.69) is 0 Å². The molecule has 0 aliphatic rings. The molecule has 5 N–H and O–H groups in total. The molecule has 2 aromatic carbocycles. The molecular weight excluding hydrogens is 264 g/mol. The van der Waals surface area contributed by atoms with E-state index >= 15 is 0 Å². The Kier molecular flexibility index (Phi) is 4.22. The topological polar surface area (TPSA) is 109 Å². The first-order valence-electron chi connectivity index (χ1n) is 6.19. The van der Waals surface area contributed by atoms with Gasteiger partial charge in [-0.1, -0.05) is 18.2 Å². The molecule has 0 aliphatic carbocycles. The van der Waals surface area contributed by atoms with Crippen LogP contribution < -0.4 is 16.2 Å². The van der Waals surface area contributed by atoms with Gasteiger partial charge in [0.05, 0.1) is 5.70 Å². The molecule has 5 heteroatoms. The van der Waals surface area contributed by atoms with Crippen LogP contribution in [0.5, 0.6) is 11.5 Å². The number of para-hydroxylation sites is 1. The van der Waals surface area contributed by atoms with Crippen molar-refractivity contribution in [3.63, 3.8) is 0 Å². The summed E-state index contributed by atoms with van der Waals surface area (Å²) in [6.07, 6.45) is 0. The number of nitrogens with one attached hydrogen (secondary N) is 1. The van der Waals surface area contributed by atoms with Gasteiger partial charge in [0.25, 0.3) is 0 Å². The van der Waals surface area contributed by atoms with Gasteiger partial charge < -0.3 is 16.2 Å². The van der Waals surface area contributed by atoms with Gasteiger partial charge in [-0.05, 0) is 42.0 Å². The summed E-state index contributed by atoms with van der Waals surface area (Å²) in [5.41, 5.74) is 11.9. The lowest BCUT2D eigenvalue weighted by Gasteiger charge is -2.08. The molecule has 0 heterocycles. The smallest absolute Gasteiger partial charge is 0.135 e. The van der Waals surface area contributed by atoms with Crippen molar-refractivity contribution < 1.29 is 4.74 Å². The van der Waals surface area contributed by atoms with Crippen molar-refractivity contribution in [3.05, 3.63) is 65.7 Å². The van der Waals surface area contributed by atoms with Crippen LogP contribution in [0.2, 0.25) is 0 Å². The largest absolute Gasteiger partial charge is 0.457 e. The van der Waals surface area contributed by atoms with Gasteiger partial charge >= 0.3 is 0 Å². The van der Waals surface area contributed by atoms with E-state index in [1.807, 2.05) is 36.4 Å². The minimum atomic E-state index is -0.348. The van der Waals surface area contributed by atoms with E-state index in [0.717, 1.165) is 5.75 Å². The second-order valence-corrected chi connectivity index (χ2v) is 4.25. The van der Waals surface area contributed by atoms with Crippen LogP contribution >= 0.6 is 0 Å². The molecule has 0 spiro atoms. The number of nitriles is 1. The predicted molar refractivity (Wildman–Crippen MR) is 81.6 cm³/mol. The highest BCUT2D eigenvalue weighted by Gasteiger charge is 2.08. The average molecular weight is 278 g/mol. The summed E-state index contributed by atoms with van der Waals surface area (Å²) in [6.45, 7) is 0. The predicted octanol–water partition coefficient (Wildman–Crippen LogP) is 2.61. The Morgan fingerprint density at radius 2 is 1.52 bits per heavy atom. The molecule has 0 unspecified atom stereocenters. The second kappa shape index (κ2) is 6.26. The minimum absolute atomic E-state index is 0.0354. The molecule has 0 bridgehead atoms. The molecule has 0 fully saturated rings. The summed E-state index contributed by atoms with van der Waals surface area (Å²) >= 11 is 0. The quantitative estimate of drug-likeness (QED) is 0.453. The first-order chi connectivity index (χ1) is 10.1. The van der Waals surface area contributed by atoms with Crippen LogP contribution in [0.15, 0.2) is 60.2 Å². The number of nitrogens with two attached hydrogens (primary N) is 2. The number of amidine groups is 1. The Morgan fingerprint density at radius 3 is 2.05 bits per heavy atom. The standard InChI is InChI=1S/C16H14N4O/c17-10-14(16(19)20)15(18)11-6-8-13(9-7-11)21-12-4-2-1-3-5-12/h1-9H,18H2,(H3,19,20)/b15-14-. The number of hydrogen-bond acceptors (Lipinski definition) is 4. The number of rotatable bonds is 4. The average Bonchev–Trinajstić information content (AvgIpc) is 2.49. The Bertz CT molecular complexity index is 712. The number of nitrogens with zero attached hydrogens (tertiary/aromatic N) is 1. The monoisotopic (exact) mass is 278 g/mol. The zero-order valence-corrected chi connectivity index (χ0v) is 11.2. The molecule has 0 radical (unpaired) electrons. The summed E-state index contributed by atoms with van der Waals surface area (Å²) < 4.78 is 5.66. The fourth-order valence-electron chi connectivity index (χ4n) is 1.74. The lowest BCUT2D eigenvalue weighted by atomic mass is 10.1. The van der Waals surface area contributed by atoms with Crippen LogP contribution in [0.4, 0.5) is 0 Å². The van der Waals surface area contributed by atoms with E-state index in [9.17, 15) is 0 Å². The number of benzene rings is 2. The minimum Gasteiger partial charge on any atom is -0.457 e. The summed E-state index contributed by atoms with van der Waals surface area (Å²) in [4.78, 5) is 0. The van der Waals surface area contributed by atoms with Gasteiger partial charge in [0, 0.05) is 0 Å². The van der Waals surface area contributed by atoms with E-state index in [1.165, 1.54) is 0 Å². The molecule has 2 rings (SSSR count). The van der Waals surface area contributed by atoms with E-state index in [0.29, 0.717) is 11.3 Å². The van der Waals surface area contributed by atoms with Gasteiger partial charge in [-0.15, -0.1) is 0 Å². The van der Waals surface area contributed by atoms with Crippen molar-refractivity contribution in [3.8, 4) is 17.6 Å². The summed E-state index contributed by atoms with van der Waals surface area (Å²) in [5.74, 6) is 1.04. The van der Waals surface area contributed by atoms with Crippen molar-refractivity contribution in [2.45, 2.75) is 0 Å². The molecule has 0 aliphatic heterocycles. The van der Waals surface area contributed by atoms with Gasteiger partial charge in [-0.25, -0.2) is 0 Å². The van der Waals surface area contributed by atoms with E-state index < -0.39 is 0 Å².